The number of Topliss-reactive ketones (excluding diaryl/α,β-unsaturated/α-hetero) is 1. The second-order valence-corrected chi connectivity index (χ2v) is 3.24. The summed E-state index contributed by atoms with van der Waals surface area (Å²) >= 11 is 0. The fourth-order valence-electron chi connectivity index (χ4n) is 1.15. The van der Waals surface area contributed by atoms with Crippen LogP contribution < -0.4 is 5.73 Å². The van der Waals surface area contributed by atoms with Crippen molar-refractivity contribution in [1.82, 2.24) is 0 Å². The first-order valence-electron chi connectivity index (χ1n) is 5.03. The fourth-order valence-corrected chi connectivity index (χ4v) is 1.15. The van der Waals surface area contributed by atoms with Gasteiger partial charge in [0.05, 0.1) is 0 Å². The molecule has 72 valence electrons. The Labute approximate surface area is 75.5 Å². The molecule has 0 saturated heterocycles. The maximum Gasteiger partial charge on any atom is 0.132 e. The highest BCUT2D eigenvalue weighted by molar-refractivity contribution is 5.78. The van der Waals surface area contributed by atoms with Crippen molar-refractivity contribution in [3.63, 3.8) is 0 Å². The molecule has 1 rings (SSSR count). The van der Waals surface area contributed by atoms with Gasteiger partial charge in [-0.2, -0.15) is 0 Å². The van der Waals surface area contributed by atoms with Gasteiger partial charge in [0, 0.05) is 12.8 Å². The zero-order chi connectivity index (χ0) is 9.23. The van der Waals surface area contributed by atoms with E-state index in [1.807, 2.05) is 0 Å². The minimum absolute atomic E-state index is 0.464. The minimum Gasteiger partial charge on any atom is -0.330 e. The van der Waals surface area contributed by atoms with Crippen LogP contribution >= 0.6 is 0 Å². The molecule has 2 heteroatoms. The average Bonchev–Trinajstić information content (AvgIpc) is 2.08. The van der Waals surface area contributed by atoms with Crippen molar-refractivity contribution in [3.05, 3.63) is 0 Å². The lowest BCUT2D eigenvalue weighted by Gasteiger charge is -2.05. The number of hydrogen-bond acceptors (Lipinski definition) is 2. The Bertz CT molecular complexity index is 102. The second-order valence-electron chi connectivity index (χ2n) is 3.24. The van der Waals surface area contributed by atoms with Gasteiger partial charge in [-0.05, 0) is 25.8 Å². The number of carbonyl (C=O) groups is 1. The monoisotopic (exact) mass is 171 g/mol. The van der Waals surface area contributed by atoms with Gasteiger partial charge in [-0.15, -0.1) is 0 Å². The van der Waals surface area contributed by atoms with Gasteiger partial charge < -0.3 is 5.73 Å². The van der Waals surface area contributed by atoms with E-state index < -0.39 is 0 Å². The molecule has 0 aromatic rings. The number of unbranched alkanes of at least 4 members (excludes halogenated alkanes) is 1. The maximum atomic E-state index is 10.5. The highest BCUT2D eigenvalue weighted by Crippen LogP contribution is 2.12. The van der Waals surface area contributed by atoms with E-state index in [4.69, 9.17) is 5.73 Å². The van der Waals surface area contributed by atoms with E-state index in [2.05, 4.69) is 6.92 Å². The highest BCUT2D eigenvalue weighted by Gasteiger charge is 2.05. The first-order valence-corrected chi connectivity index (χ1v) is 5.03. The van der Waals surface area contributed by atoms with Crippen LogP contribution in [-0.2, 0) is 4.79 Å². The van der Waals surface area contributed by atoms with Gasteiger partial charge in [0.15, 0.2) is 0 Å². The topological polar surface area (TPSA) is 43.1 Å². The average molecular weight is 171 g/mol. The summed E-state index contributed by atoms with van der Waals surface area (Å²) in [6.45, 7) is 2.98. The SMILES string of the molecule is CCCCN.O=C1CCCCC1. The quantitative estimate of drug-likeness (QED) is 0.692. The molecule has 0 aromatic carbocycles. The Kier molecular flexibility index (Phi) is 8.46. The third-order valence-electron chi connectivity index (χ3n) is 1.97. The first-order chi connectivity index (χ1) is 5.81. The molecule has 1 aliphatic rings. The Morgan fingerprint density at radius 3 is 2.00 bits per heavy atom. The van der Waals surface area contributed by atoms with Gasteiger partial charge in [0.25, 0.3) is 0 Å². The molecule has 1 fully saturated rings. The number of hydrogen-bond donors (Lipinski definition) is 1. The van der Waals surface area contributed by atoms with Crippen molar-refractivity contribution in [1.29, 1.82) is 0 Å². The predicted octanol–water partition coefficient (Wildman–Crippen LogP) is 2.26. The molecule has 0 aromatic heterocycles. The Hall–Kier alpha value is -0.370. The molecular weight excluding hydrogens is 150 g/mol. The van der Waals surface area contributed by atoms with Crippen LogP contribution in [0.15, 0.2) is 0 Å². The number of carbonyl (C=O) groups excluding carboxylic acids is 1. The molecule has 0 unspecified atom stereocenters. The molecule has 12 heavy (non-hydrogen) atoms. The Morgan fingerprint density at radius 2 is 1.83 bits per heavy atom. The van der Waals surface area contributed by atoms with Crippen LogP contribution in [0.25, 0.3) is 0 Å². The molecule has 1 aliphatic carbocycles. The summed E-state index contributed by atoms with van der Waals surface area (Å²) in [5, 5.41) is 0. The molecule has 2 nitrogen and oxygen atoms in total. The largest absolute Gasteiger partial charge is 0.330 e. The predicted molar refractivity (Wildman–Crippen MR) is 52.1 cm³/mol. The summed E-state index contributed by atoms with van der Waals surface area (Å²) < 4.78 is 0. The van der Waals surface area contributed by atoms with E-state index >= 15 is 0 Å². The molecule has 0 radical (unpaired) electrons. The van der Waals surface area contributed by atoms with Crippen LogP contribution in [0.1, 0.15) is 51.9 Å². The van der Waals surface area contributed by atoms with Crippen molar-refractivity contribution < 1.29 is 4.79 Å². The molecular formula is C10H21NO. The molecule has 0 aliphatic heterocycles. The normalized spacial score (nSPS) is 16.7. The van der Waals surface area contributed by atoms with Crippen LogP contribution in [0.2, 0.25) is 0 Å². The van der Waals surface area contributed by atoms with Crippen LogP contribution in [0, 0.1) is 0 Å². The summed E-state index contributed by atoms with van der Waals surface area (Å²) in [5.41, 5.74) is 5.14. The van der Waals surface area contributed by atoms with Crippen molar-refractivity contribution in [2.45, 2.75) is 51.9 Å². The van der Waals surface area contributed by atoms with E-state index in [1.54, 1.807) is 0 Å². The summed E-state index contributed by atoms with van der Waals surface area (Å²) in [5.74, 6) is 0.464. The van der Waals surface area contributed by atoms with Crippen LogP contribution in [0.5, 0.6) is 0 Å². The standard InChI is InChI=1S/C6H10O.C4H11N/c7-6-4-2-1-3-5-6;1-2-3-4-5/h1-5H2;2-5H2,1H3. The van der Waals surface area contributed by atoms with E-state index in [9.17, 15) is 4.79 Å². The summed E-state index contributed by atoms with van der Waals surface area (Å²) in [6.07, 6.45) is 7.62. The van der Waals surface area contributed by atoms with E-state index in [-0.39, 0.29) is 0 Å². The molecule has 0 spiro atoms. The van der Waals surface area contributed by atoms with Gasteiger partial charge in [0.2, 0.25) is 0 Å². The third kappa shape index (κ3) is 7.73. The Morgan fingerprint density at radius 1 is 1.25 bits per heavy atom. The Balaban J connectivity index is 0.000000217. The van der Waals surface area contributed by atoms with Gasteiger partial charge >= 0.3 is 0 Å². The van der Waals surface area contributed by atoms with E-state index in [1.165, 1.54) is 19.3 Å². The molecule has 0 heterocycles. The zero-order valence-corrected chi connectivity index (χ0v) is 8.14. The van der Waals surface area contributed by atoms with E-state index in [0.717, 1.165) is 32.2 Å². The van der Waals surface area contributed by atoms with Crippen molar-refractivity contribution in [2.75, 3.05) is 6.54 Å². The number of ketones is 1. The van der Waals surface area contributed by atoms with Gasteiger partial charge in [-0.3, -0.25) is 4.79 Å². The summed E-state index contributed by atoms with van der Waals surface area (Å²) in [6, 6.07) is 0. The second kappa shape index (κ2) is 8.72. The van der Waals surface area contributed by atoms with Gasteiger partial charge in [-0.25, -0.2) is 0 Å². The molecule has 2 N–H and O–H groups in total. The lowest BCUT2D eigenvalue weighted by atomic mass is 10.00. The smallest absolute Gasteiger partial charge is 0.132 e. The highest BCUT2D eigenvalue weighted by atomic mass is 16.1. The molecule has 0 bridgehead atoms. The van der Waals surface area contributed by atoms with E-state index in [0.29, 0.717) is 5.78 Å². The third-order valence-corrected chi connectivity index (χ3v) is 1.97. The number of nitrogens with two attached hydrogens (primary N) is 1. The van der Waals surface area contributed by atoms with Crippen LogP contribution in [0.4, 0.5) is 0 Å². The van der Waals surface area contributed by atoms with Crippen molar-refractivity contribution in [3.8, 4) is 0 Å². The van der Waals surface area contributed by atoms with Crippen LogP contribution in [-0.4, -0.2) is 12.3 Å². The lowest BCUT2D eigenvalue weighted by molar-refractivity contribution is -0.120. The van der Waals surface area contributed by atoms with Gasteiger partial charge in [0.1, 0.15) is 5.78 Å². The summed E-state index contributed by atoms with van der Waals surface area (Å²) in [4.78, 5) is 10.5. The molecule has 0 amide bonds. The molecule has 0 atom stereocenters. The van der Waals surface area contributed by atoms with Crippen molar-refractivity contribution >= 4 is 5.78 Å². The molecule has 1 saturated carbocycles. The maximum absolute atomic E-state index is 10.5. The minimum atomic E-state index is 0.464. The summed E-state index contributed by atoms with van der Waals surface area (Å²) in [7, 11) is 0. The van der Waals surface area contributed by atoms with Gasteiger partial charge in [-0.1, -0.05) is 19.8 Å². The zero-order valence-electron chi connectivity index (χ0n) is 8.14. The van der Waals surface area contributed by atoms with Crippen molar-refractivity contribution in [2.24, 2.45) is 5.73 Å². The van der Waals surface area contributed by atoms with Crippen LogP contribution in [0.3, 0.4) is 0 Å². The number of rotatable bonds is 2. The fraction of sp³-hybridized carbons (Fsp3) is 0.900. The first kappa shape index (κ1) is 11.6. The lowest BCUT2D eigenvalue weighted by Crippen LogP contribution is -2.02.